The van der Waals surface area contributed by atoms with E-state index in [0.717, 1.165) is 42.5 Å². The van der Waals surface area contributed by atoms with Crippen molar-refractivity contribution in [2.24, 2.45) is 0 Å². The van der Waals surface area contributed by atoms with Gasteiger partial charge < -0.3 is 9.67 Å². The minimum atomic E-state index is -0.416. The van der Waals surface area contributed by atoms with E-state index in [1.54, 1.807) is 6.20 Å². The molecule has 5 heterocycles. The molecule has 0 saturated carbocycles. The Morgan fingerprint density at radius 3 is 2.86 bits per heavy atom. The van der Waals surface area contributed by atoms with E-state index in [2.05, 4.69) is 15.4 Å². The van der Waals surface area contributed by atoms with Crippen molar-refractivity contribution in [2.75, 3.05) is 6.61 Å². The number of amides is 2. The number of aryl methyl sites for hydroxylation is 3. The Morgan fingerprint density at radius 2 is 2.03 bits per heavy atom. The van der Waals surface area contributed by atoms with Gasteiger partial charge >= 0.3 is 0 Å². The molecule has 8 nitrogen and oxygen atoms in total. The molecule has 0 saturated heterocycles. The Bertz CT molecular complexity index is 1150. The van der Waals surface area contributed by atoms with Crippen LogP contribution in [0, 0.1) is 0 Å². The summed E-state index contributed by atoms with van der Waals surface area (Å²) >= 11 is 0. The maximum absolute atomic E-state index is 12.8. The average molecular weight is 391 g/mol. The molecule has 29 heavy (non-hydrogen) atoms. The molecule has 0 bridgehead atoms. The fourth-order valence-electron chi connectivity index (χ4n) is 4.23. The molecule has 148 valence electrons. The lowest BCUT2D eigenvalue weighted by Crippen LogP contribution is -2.22. The smallest absolute Gasteiger partial charge is 0.261 e. The molecule has 0 spiro atoms. The summed E-state index contributed by atoms with van der Waals surface area (Å²) in [5.41, 5.74) is 3.68. The van der Waals surface area contributed by atoms with Crippen LogP contribution in [-0.2, 0) is 29.1 Å². The summed E-state index contributed by atoms with van der Waals surface area (Å²) in [6, 6.07) is 5.63. The lowest BCUT2D eigenvalue weighted by atomic mass is 9.99. The number of hydrogen-bond acceptors (Lipinski definition) is 5. The second-order valence-electron chi connectivity index (χ2n) is 7.42. The summed E-state index contributed by atoms with van der Waals surface area (Å²) in [4.78, 5) is 29.9. The normalized spacial score (nSPS) is 16.6. The maximum Gasteiger partial charge on any atom is 0.261 e. The van der Waals surface area contributed by atoms with E-state index in [4.69, 9.17) is 0 Å². The SMILES string of the molecule is O=C1NC(=O)C(c2cn(CCCO)c3ncccc23)=C1c1cc2n(n1)CCCC2. The number of aromatic nitrogens is 4. The van der Waals surface area contributed by atoms with Crippen molar-refractivity contribution >= 4 is 34.0 Å². The third kappa shape index (κ3) is 2.87. The summed E-state index contributed by atoms with van der Waals surface area (Å²) in [5.74, 6) is -0.832. The van der Waals surface area contributed by atoms with Gasteiger partial charge in [0, 0.05) is 48.7 Å². The summed E-state index contributed by atoms with van der Waals surface area (Å²) in [6.45, 7) is 1.47. The van der Waals surface area contributed by atoms with Gasteiger partial charge in [-0.15, -0.1) is 0 Å². The van der Waals surface area contributed by atoms with Crippen LogP contribution in [0.1, 0.15) is 36.2 Å². The largest absolute Gasteiger partial charge is 0.396 e. The van der Waals surface area contributed by atoms with E-state index < -0.39 is 11.8 Å². The van der Waals surface area contributed by atoms with Crippen LogP contribution in [0.25, 0.3) is 22.2 Å². The fraction of sp³-hybridized carbons (Fsp3) is 0.333. The molecule has 3 aromatic heterocycles. The number of aliphatic hydroxyl groups is 1. The number of fused-ring (bicyclic) bond motifs is 2. The highest BCUT2D eigenvalue weighted by atomic mass is 16.3. The molecule has 2 N–H and O–H groups in total. The molecular formula is C21H21N5O3. The molecule has 2 amide bonds. The first kappa shape index (κ1) is 17.8. The van der Waals surface area contributed by atoms with Crippen molar-refractivity contribution in [1.29, 1.82) is 0 Å². The summed E-state index contributed by atoms with van der Waals surface area (Å²) in [6.07, 6.45) is 7.21. The topological polar surface area (TPSA) is 102 Å². The van der Waals surface area contributed by atoms with Crippen LogP contribution in [0.2, 0.25) is 0 Å². The number of imide groups is 1. The van der Waals surface area contributed by atoms with E-state index in [-0.39, 0.29) is 6.61 Å². The Balaban J connectivity index is 1.71. The van der Waals surface area contributed by atoms with Crippen LogP contribution in [-0.4, -0.2) is 42.9 Å². The number of nitrogens with one attached hydrogen (secondary N) is 1. The highest BCUT2D eigenvalue weighted by Gasteiger charge is 2.35. The number of hydrogen-bond donors (Lipinski definition) is 2. The first-order valence-corrected chi connectivity index (χ1v) is 9.89. The van der Waals surface area contributed by atoms with Gasteiger partial charge in [0.25, 0.3) is 11.8 Å². The number of pyridine rings is 1. The quantitative estimate of drug-likeness (QED) is 0.642. The monoisotopic (exact) mass is 391 g/mol. The van der Waals surface area contributed by atoms with Crippen LogP contribution < -0.4 is 5.32 Å². The lowest BCUT2D eigenvalue weighted by Gasteiger charge is -2.11. The molecule has 0 aliphatic carbocycles. The highest BCUT2D eigenvalue weighted by Crippen LogP contribution is 2.35. The first-order chi connectivity index (χ1) is 14.2. The predicted molar refractivity (Wildman–Crippen MR) is 107 cm³/mol. The van der Waals surface area contributed by atoms with E-state index in [1.807, 2.05) is 33.6 Å². The lowest BCUT2D eigenvalue weighted by molar-refractivity contribution is -0.122. The van der Waals surface area contributed by atoms with Gasteiger partial charge in [0.2, 0.25) is 0 Å². The summed E-state index contributed by atoms with van der Waals surface area (Å²) in [5, 5.41) is 17.1. The number of rotatable bonds is 5. The van der Waals surface area contributed by atoms with Crippen molar-refractivity contribution < 1.29 is 14.7 Å². The molecule has 8 heteroatoms. The van der Waals surface area contributed by atoms with Gasteiger partial charge in [0.1, 0.15) is 5.65 Å². The van der Waals surface area contributed by atoms with Crippen molar-refractivity contribution in [2.45, 2.75) is 38.8 Å². The number of carbonyl (C=O) groups is 2. The Labute approximate surface area is 166 Å². The van der Waals surface area contributed by atoms with E-state index >= 15 is 0 Å². The molecule has 2 aliphatic rings. The molecule has 0 fully saturated rings. The van der Waals surface area contributed by atoms with Crippen molar-refractivity contribution in [3.63, 3.8) is 0 Å². The number of nitrogens with zero attached hydrogens (tertiary/aromatic N) is 4. The van der Waals surface area contributed by atoms with Crippen LogP contribution in [0.4, 0.5) is 0 Å². The van der Waals surface area contributed by atoms with Crippen molar-refractivity contribution in [3.8, 4) is 0 Å². The van der Waals surface area contributed by atoms with E-state index in [0.29, 0.717) is 35.4 Å². The zero-order valence-corrected chi connectivity index (χ0v) is 15.9. The van der Waals surface area contributed by atoms with Gasteiger partial charge in [-0.1, -0.05) is 0 Å². The Hall–Kier alpha value is -3.26. The van der Waals surface area contributed by atoms with Crippen LogP contribution in [0.15, 0.2) is 30.6 Å². The fourth-order valence-corrected chi connectivity index (χ4v) is 4.23. The molecule has 0 aromatic carbocycles. The molecule has 0 radical (unpaired) electrons. The van der Waals surface area contributed by atoms with Crippen LogP contribution in [0.3, 0.4) is 0 Å². The summed E-state index contributed by atoms with van der Waals surface area (Å²) < 4.78 is 3.85. The summed E-state index contributed by atoms with van der Waals surface area (Å²) in [7, 11) is 0. The van der Waals surface area contributed by atoms with Gasteiger partial charge in [-0.25, -0.2) is 4.98 Å². The minimum Gasteiger partial charge on any atom is -0.396 e. The standard InChI is InChI=1S/C21H21N5O3/c27-10-4-8-25-12-15(14-6-3-7-22-19(14)25)17-18(21(29)23-20(17)28)16-11-13-5-1-2-9-26(13)24-16/h3,6-7,11-12,27H,1-2,4-5,8-10H2,(H,23,28,29). The van der Waals surface area contributed by atoms with Crippen molar-refractivity contribution in [3.05, 3.63) is 47.5 Å². The van der Waals surface area contributed by atoms with Crippen LogP contribution in [0.5, 0.6) is 0 Å². The molecule has 0 atom stereocenters. The zero-order valence-electron chi connectivity index (χ0n) is 15.9. The van der Waals surface area contributed by atoms with Gasteiger partial charge in [0.15, 0.2) is 0 Å². The van der Waals surface area contributed by atoms with Gasteiger partial charge in [-0.2, -0.15) is 5.10 Å². The molecular weight excluding hydrogens is 370 g/mol. The van der Waals surface area contributed by atoms with E-state index in [1.165, 1.54) is 0 Å². The highest BCUT2D eigenvalue weighted by molar-refractivity contribution is 6.49. The second-order valence-corrected chi connectivity index (χ2v) is 7.42. The Kier molecular flexibility index (Phi) is 4.28. The van der Waals surface area contributed by atoms with Crippen molar-refractivity contribution in [1.82, 2.24) is 24.6 Å². The molecule has 3 aromatic rings. The van der Waals surface area contributed by atoms with Gasteiger partial charge in [-0.05, 0) is 43.9 Å². The first-order valence-electron chi connectivity index (χ1n) is 9.89. The zero-order chi connectivity index (χ0) is 20.0. The molecule has 2 aliphatic heterocycles. The van der Waals surface area contributed by atoms with Gasteiger partial charge in [0.05, 0.1) is 16.8 Å². The third-order valence-electron chi connectivity index (χ3n) is 5.56. The third-order valence-corrected chi connectivity index (χ3v) is 5.56. The minimum absolute atomic E-state index is 0.0645. The molecule has 5 rings (SSSR count). The molecule has 0 unspecified atom stereocenters. The van der Waals surface area contributed by atoms with E-state index in [9.17, 15) is 14.7 Å². The number of aliphatic hydroxyl groups excluding tert-OH is 1. The Morgan fingerprint density at radius 1 is 1.17 bits per heavy atom. The predicted octanol–water partition coefficient (Wildman–Crippen LogP) is 1.52. The number of carbonyl (C=O) groups excluding carboxylic acids is 2. The average Bonchev–Trinajstić information content (AvgIpc) is 3.39. The van der Waals surface area contributed by atoms with Crippen LogP contribution >= 0.6 is 0 Å². The second kappa shape index (κ2) is 6.97. The van der Waals surface area contributed by atoms with Gasteiger partial charge in [-0.3, -0.25) is 19.6 Å². The maximum atomic E-state index is 12.8.